The molecule has 236 valence electrons. The van der Waals surface area contributed by atoms with E-state index in [1.54, 1.807) is 35.4 Å². The van der Waals surface area contributed by atoms with E-state index in [1.165, 1.54) is 0 Å². The number of fused-ring (bicyclic) bond motifs is 1. The van der Waals surface area contributed by atoms with Gasteiger partial charge in [0, 0.05) is 41.6 Å². The minimum absolute atomic E-state index is 0. The number of nitrogens with one attached hydrogen (secondary N) is 4. The summed E-state index contributed by atoms with van der Waals surface area (Å²) in [4.78, 5) is 57.6. The summed E-state index contributed by atoms with van der Waals surface area (Å²) in [5, 5.41) is 21.8. The van der Waals surface area contributed by atoms with Crippen LogP contribution in [0.4, 0.5) is 4.79 Å². The molecule has 1 aliphatic rings. The zero-order valence-corrected chi connectivity index (χ0v) is 29.0. The second-order valence-corrected chi connectivity index (χ2v) is 12.3. The number of carboxylic acid groups (broad SMARTS) is 1. The molecule has 0 radical (unpaired) electrons. The fourth-order valence-corrected chi connectivity index (χ4v) is 5.67. The minimum atomic E-state index is -1.45. The van der Waals surface area contributed by atoms with Gasteiger partial charge in [-0.15, -0.1) is 0 Å². The van der Waals surface area contributed by atoms with Gasteiger partial charge in [0.15, 0.2) is 0 Å². The molecule has 0 saturated carbocycles. The Hall–Kier alpha value is -3.05. The van der Waals surface area contributed by atoms with Crippen LogP contribution in [-0.4, -0.2) is 64.9 Å². The number of aromatic nitrogens is 1. The second kappa shape index (κ2) is 17.6. The van der Waals surface area contributed by atoms with Crippen LogP contribution in [0.3, 0.4) is 0 Å². The van der Waals surface area contributed by atoms with Gasteiger partial charge in [-0.1, -0.05) is 68.6 Å². The maximum Gasteiger partial charge on any atom is 1.00 e. The molecule has 1 aromatic heterocycles. The van der Waals surface area contributed by atoms with Crippen LogP contribution in [0.5, 0.6) is 0 Å². The molecule has 0 spiro atoms. The number of H-pyrrole nitrogens is 1. The number of rotatable bonds is 12. The van der Waals surface area contributed by atoms with Crippen LogP contribution < -0.4 is 50.6 Å². The van der Waals surface area contributed by atoms with Crippen LogP contribution in [0.25, 0.3) is 10.9 Å². The van der Waals surface area contributed by atoms with Crippen LogP contribution in [-0.2, 0) is 27.2 Å². The number of para-hydroxylation sites is 1. The standard InChI is InChI=1S/C33H42ClN5O5.Na/c1-21(2)17-27(38-33(44)39-15-7-3-4-8-16-39)30(40)36-28(19-23-20-35-26-10-6-5-9-25(23)26)31(41)37-29(32(42)43)18-22-11-13-24(34)14-12-22;/h5-6,9-14,20-21,27-29,35H,3-4,7-8,15-19H2,1-2H3,(H,36,40)(H,37,41)(H,38,44)(H,42,43);/q;+1/p-1/t27-,28+,29+;/m0./s1. The summed E-state index contributed by atoms with van der Waals surface area (Å²) in [7, 11) is 0. The fraction of sp³-hybridized carbons (Fsp3) is 0.455. The molecule has 3 atom stereocenters. The normalized spacial score (nSPS) is 15.3. The summed E-state index contributed by atoms with van der Waals surface area (Å²) in [5.41, 5.74) is 2.29. The summed E-state index contributed by atoms with van der Waals surface area (Å²) < 4.78 is 0. The SMILES string of the molecule is CC(C)C[C@H](NC(=O)N1CCCCCC1)C(=O)N[C@H](Cc1c[nH]c2ccccc12)C(=O)N[C@H](Cc1ccc(Cl)cc1)C(=O)[O-].[Na+]. The topological polar surface area (TPSA) is 146 Å². The molecule has 45 heavy (non-hydrogen) atoms. The van der Waals surface area contributed by atoms with Crippen molar-refractivity contribution in [3.05, 3.63) is 70.9 Å². The average molecular weight is 646 g/mol. The number of hydrogen-bond acceptors (Lipinski definition) is 5. The van der Waals surface area contributed by atoms with Gasteiger partial charge in [-0.25, -0.2) is 4.79 Å². The van der Waals surface area contributed by atoms with E-state index in [0.29, 0.717) is 30.1 Å². The Kier molecular flexibility index (Phi) is 14.2. The molecular formula is C33H41ClN5NaO5. The number of aliphatic carboxylic acids is 1. The first-order valence-electron chi connectivity index (χ1n) is 15.3. The number of halogens is 1. The number of hydrogen-bond donors (Lipinski definition) is 4. The summed E-state index contributed by atoms with van der Waals surface area (Å²) >= 11 is 5.96. The summed E-state index contributed by atoms with van der Waals surface area (Å²) in [5.74, 6) is -2.55. The first kappa shape index (κ1) is 36.4. The van der Waals surface area contributed by atoms with Crippen LogP contribution in [0, 0.1) is 5.92 Å². The molecule has 4 N–H and O–H groups in total. The molecule has 1 fully saturated rings. The Morgan fingerprint density at radius 1 is 0.844 bits per heavy atom. The van der Waals surface area contributed by atoms with Gasteiger partial charge in [0.1, 0.15) is 12.1 Å². The number of likely N-dealkylation sites (tertiary alicyclic amines) is 1. The number of nitrogens with zero attached hydrogens (tertiary/aromatic N) is 1. The maximum atomic E-state index is 13.7. The number of aromatic amines is 1. The Morgan fingerprint density at radius 2 is 1.47 bits per heavy atom. The molecule has 4 amide bonds. The van der Waals surface area contributed by atoms with Crippen molar-refractivity contribution in [2.45, 2.75) is 76.9 Å². The maximum absolute atomic E-state index is 13.7. The average Bonchev–Trinajstić information content (AvgIpc) is 3.19. The van der Waals surface area contributed by atoms with E-state index in [9.17, 15) is 24.3 Å². The van der Waals surface area contributed by atoms with Gasteiger partial charge in [-0.3, -0.25) is 9.59 Å². The first-order chi connectivity index (χ1) is 21.1. The van der Waals surface area contributed by atoms with Gasteiger partial charge in [-0.05, 0) is 60.9 Å². The van der Waals surface area contributed by atoms with Gasteiger partial charge in [0.2, 0.25) is 11.8 Å². The van der Waals surface area contributed by atoms with Crippen LogP contribution in [0.15, 0.2) is 54.7 Å². The molecule has 1 saturated heterocycles. The van der Waals surface area contributed by atoms with Gasteiger partial charge in [0.05, 0.1) is 12.0 Å². The van der Waals surface area contributed by atoms with Crippen LogP contribution >= 0.6 is 11.6 Å². The van der Waals surface area contributed by atoms with Crippen molar-refractivity contribution in [2.24, 2.45) is 5.92 Å². The van der Waals surface area contributed by atoms with Gasteiger partial charge in [-0.2, -0.15) is 0 Å². The number of urea groups is 1. The van der Waals surface area contributed by atoms with E-state index in [1.807, 2.05) is 38.1 Å². The summed E-state index contributed by atoms with van der Waals surface area (Å²) in [6, 6.07) is 10.6. The molecule has 2 aromatic carbocycles. The van der Waals surface area contributed by atoms with E-state index < -0.39 is 35.9 Å². The van der Waals surface area contributed by atoms with Crippen molar-refractivity contribution in [1.29, 1.82) is 0 Å². The number of benzene rings is 2. The molecule has 0 bridgehead atoms. The van der Waals surface area contributed by atoms with E-state index in [0.717, 1.165) is 42.1 Å². The molecule has 0 aliphatic carbocycles. The minimum Gasteiger partial charge on any atom is -0.548 e. The fourth-order valence-electron chi connectivity index (χ4n) is 5.54. The smallest absolute Gasteiger partial charge is 0.548 e. The number of carbonyl (C=O) groups is 4. The molecule has 2 heterocycles. The third-order valence-electron chi connectivity index (χ3n) is 7.90. The molecule has 10 nitrogen and oxygen atoms in total. The summed E-state index contributed by atoms with van der Waals surface area (Å²) in [6.45, 7) is 5.17. The number of carboxylic acids is 1. The largest absolute Gasteiger partial charge is 1.00 e. The molecule has 0 unspecified atom stereocenters. The van der Waals surface area contributed by atoms with Crippen molar-refractivity contribution < 1.29 is 53.8 Å². The van der Waals surface area contributed by atoms with Gasteiger partial charge < -0.3 is 35.7 Å². The molecular weight excluding hydrogens is 605 g/mol. The summed E-state index contributed by atoms with van der Waals surface area (Å²) in [6.07, 6.45) is 6.16. The zero-order chi connectivity index (χ0) is 31.6. The predicted molar refractivity (Wildman–Crippen MR) is 168 cm³/mol. The van der Waals surface area contributed by atoms with E-state index in [4.69, 9.17) is 11.6 Å². The van der Waals surface area contributed by atoms with Gasteiger partial charge in [0.25, 0.3) is 0 Å². The Morgan fingerprint density at radius 3 is 2.11 bits per heavy atom. The van der Waals surface area contributed by atoms with Crippen LogP contribution in [0.1, 0.15) is 57.1 Å². The van der Waals surface area contributed by atoms with E-state index in [2.05, 4.69) is 20.9 Å². The Labute approximate surface area is 291 Å². The Bertz CT molecular complexity index is 1440. The second-order valence-electron chi connectivity index (χ2n) is 11.9. The van der Waals surface area contributed by atoms with E-state index >= 15 is 0 Å². The van der Waals surface area contributed by atoms with Crippen molar-refractivity contribution in [1.82, 2.24) is 25.8 Å². The molecule has 12 heteroatoms. The third kappa shape index (κ3) is 10.8. The monoisotopic (exact) mass is 645 g/mol. The van der Waals surface area contributed by atoms with Crippen molar-refractivity contribution in [3.8, 4) is 0 Å². The van der Waals surface area contributed by atoms with Crippen molar-refractivity contribution in [2.75, 3.05) is 13.1 Å². The molecule has 4 rings (SSSR count). The molecule has 1 aliphatic heterocycles. The quantitative estimate of drug-likeness (QED) is 0.210. The first-order valence-corrected chi connectivity index (χ1v) is 15.6. The van der Waals surface area contributed by atoms with Crippen LogP contribution in [0.2, 0.25) is 5.02 Å². The molecule has 3 aromatic rings. The van der Waals surface area contributed by atoms with Crippen molar-refractivity contribution >= 4 is 46.3 Å². The predicted octanol–water partition coefficient (Wildman–Crippen LogP) is 0.330. The number of carbonyl (C=O) groups excluding carboxylic acids is 4. The number of amides is 4. The van der Waals surface area contributed by atoms with Crippen molar-refractivity contribution in [3.63, 3.8) is 0 Å². The van der Waals surface area contributed by atoms with E-state index in [-0.39, 0.29) is 54.3 Å². The third-order valence-corrected chi connectivity index (χ3v) is 8.15. The zero-order valence-electron chi connectivity index (χ0n) is 26.2. The van der Waals surface area contributed by atoms with Gasteiger partial charge >= 0.3 is 35.6 Å². The Balaban J connectivity index is 0.00000552.